The highest BCUT2D eigenvalue weighted by atomic mass is 32.2. The van der Waals surface area contributed by atoms with Gasteiger partial charge in [-0.3, -0.25) is 9.69 Å². The molecule has 10 heteroatoms. The molecule has 1 amide bonds. The van der Waals surface area contributed by atoms with Gasteiger partial charge in [0.05, 0.1) is 11.4 Å². The van der Waals surface area contributed by atoms with Crippen LogP contribution in [0.2, 0.25) is 0 Å². The van der Waals surface area contributed by atoms with E-state index in [4.69, 9.17) is 0 Å². The molecule has 33 heavy (non-hydrogen) atoms. The molecule has 0 saturated heterocycles. The maximum Gasteiger partial charge on any atom is 0.230 e. The third-order valence-electron chi connectivity index (χ3n) is 4.75. The summed E-state index contributed by atoms with van der Waals surface area (Å²) in [6.07, 6.45) is 0. The number of aryl methyl sites for hydroxylation is 2. The molecule has 0 aliphatic carbocycles. The third kappa shape index (κ3) is 5.95. The van der Waals surface area contributed by atoms with Gasteiger partial charge in [-0.1, -0.05) is 52.9 Å². The van der Waals surface area contributed by atoms with Crippen LogP contribution in [-0.4, -0.2) is 21.1 Å². The van der Waals surface area contributed by atoms with Crippen molar-refractivity contribution >= 4 is 56.3 Å². The summed E-state index contributed by atoms with van der Waals surface area (Å²) in [5, 5.41) is 14.9. The largest absolute Gasteiger partial charge is 0.356 e. The van der Waals surface area contributed by atoms with Gasteiger partial charge in [-0.05, 0) is 43.2 Å². The zero-order valence-corrected chi connectivity index (χ0v) is 20.8. The summed E-state index contributed by atoms with van der Waals surface area (Å²) in [6, 6.07) is 12.4. The summed E-state index contributed by atoms with van der Waals surface area (Å²) >= 11 is 4.46. The van der Waals surface area contributed by atoms with E-state index in [1.807, 2.05) is 31.4 Å². The number of amides is 1. The number of aromatic nitrogens is 3. The Balaban J connectivity index is 1.37. The van der Waals surface area contributed by atoms with Gasteiger partial charge in [0.15, 0.2) is 9.47 Å². The monoisotopic (exact) mass is 499 g/mol. The number of hydrogen-bond donors (Lipinski definition) is 1. The zero-order chi connectivity index (χ0) is 23.4. The topological polar surface area (TPSA) is 71.0 Å². The SMILES string of the molecule is CC(=O)N(c1nc(CSc2nnc(NCc3ccc(F)cc3)s2)cs1)c1ccc(C)cc1C. The fourth-order valence-corrected chi connectivity index (χ4v) is 5.81. The molecule has 4 rings (SSSR count). The fourth-order valence-electron chi connectivity index (χ4n) is 3.18. The van der Waals surface area contributed by atoms with Crippen LogP contribution in [0.5, 0.6) is 0 Å². The molecule has 0 aliphatic heterocycles. The van der Waals surface area contributed by atoms with Crippen molar-refractivity contribution in [3.8, 4) is 0 Å². The van der Waals surface area contributed by atoms with E-state index in [2.05, 4.69) is 26.6 Å². The lowest BCUT2D eigenvalue weighted by atomic mass is 10.1. The number of halogens is 1. The van der Waals surface area contributed by atoms with Crippen molar-refractivity contribution in [2.75, 3.05) is 10.2 Å². The van der Waals surface area contributed by atoms with Gasteiger partial charge in [-0.25, -0.2) is 9.37 Å². The van der Waals surface area contributed by atoms with Gasteiger partial charge in [0.25, 0.3) is 0 Å². The predicted octanol–water partition coefficient (Wildman–Crippen LogP) is 6.34. The Morgan fingerprint density at radius 1 is 1.15 bits per heavy atom. The summed E-state index contributed by atoms with van der Waals surface area (Å²) in [5.74, 6) is 0.303. The maximum atomic E-state index is 13.0. The number of thiazole rings is 1. The molecule has 0 bridgehead atoms. The van der Waals surface area contributed by atoms with Crippen molar-refractivity contribution in [1.82, 2.24) is 15.2 Å². The average Bonchev–Trinajstić information content (AvgIpc) is 3.43. The number of carbonyl (C=O) groups is 1. The van der Waals surface area contributed by atoms with E-state index < -0.39 is 0 Å². The zero-order valence-electron chi connectivity index (χ0n) is 18.3. The molecule has 0 fully saturated rings. The second-order valence-corrected chi connectivity index (χ2v) is 10.4. The van der Waals surface area contributed by atoms with Crippen LogP contribution in [0, 0.1) is 19.7 Å². The number of benzene rings is 2. The molecule has 0 atom stereocenters. The minimum Gasteiger partial charge on any atom is -0.356 e. The average molecular weight is 500 g/mol. The summed E-state index contributed by atoms with van der Waals surface area (Å²) in [7, 11) is 0. The summed E-state index contributed by atoms with van der Waals surface area (Å²) in [5.41, 5.74) is 4.88. The van der Waals surface area contributed by atoms with Crippen LogP contribution in [0.1, 0.15) is 29.3 Å². The number of rotatable bonds is 8. The lowest BCUT2D eigenvalue weighted by Crippen LogP contribution is -2.23. The molecule has 0 spiro atoms. The Morgan fingerprint density at radius 2 is 1.94 bits per heavy atom. The second kappa shape index (κ2) is 10.4. The van der Waals surface area contributed by atoms with Crippen molar-refractivity contribution in [3.05, 3.63) is 76.0 Å². The summed E-state index contributed by atoms with van der Waals surface area (Å²) < 4.78 is 13.8. The van der Waals surface area contributed by atoms with E-state index in [1.165, 1.54) is 34.8 Å². The van der Waals surface area contributed by atoms with Gasteiger partial charge in [0.2, 0.25) is 11.0 Å². The molecule has 170 valence electrons. The standard InChI is InChI=1S/C23H22FN5OS3/c1-14-4-9-20(15(2)10-14)29(16(3)30)22-26-19(12-31-22)13-32-23-28-27-21(33-23)25-11-17-5-7-18(24)8-6-17/h4-10,12H,11,13H2,1-3H3,(H,25,27). The predicted molar refractivity (Wildman–Crippen MR) is 134 cm³/mol. The Bertz CT molecular complexity index is 1260. The lowest BCUT2D eigenvalue weighted by molar-refractivity contribution is -0.115. The van der Waals surface area contributed by atoms with Gasteiger partial charge >= 0.3 is 0 Å². The van der Waals surface area contributed by atoms with Gasteiger partial charge in [-0.15, -0.1) is 21.5 Å². The third-order valence-corrected chi connectivity index (χ3v) is 7.67. The molecule has 2 aromatic heterocycles. The molecule has 2 heterocycles. The molecule has 2 aromatic carbocycles. The summed E-state index contributed by atoms with van der Waals surface area (Å²) in [6.45, 7) is 6.13. The molecular formula is C23H22FN5OS3. The van der Waals surface area contributed by atoms with Gasteiger partial charge in [0.1, 0.15) is 5.82 Å². The van der Waals surface area contributed by atoms with Gasteiger partial charge in [-0.2, -0.15) is 0 Å². The Morgan fingerprint density at radius 3 is 2.67 bits per heavy atom. The first-order valence-electron chi connectivity index (χ1n) is 10.2. The molecule has 0 unspecified atom stereocenters. The Hall–Kier alpha value is -2.82. The first-order chi connectivity index (χ1) is 15.9. The Labute approximate surface area is 203 Å². The minimum absolute atomic E-state index is 0.0727. The highest BCUT2D eigenvalue weighted by molar-refractivity contribution is 8.00. The molecular weight excluding hydrogens is 477 g/mol. The number of nitrogens with one attached hydrogen (secondary N) is 1. The number of anilines is 3. The van der Waals surface area contributed by atoms with Gasteiger partial charge < -0.3 is 5.32 Å². The van der Waals surface area contributed by atoms with E-state index in [0.29, 0.717) is 22.6 Å². The lowest BCUT2D eigenvalue weighted by Gasteiger charge is -2.20. The van der Waals surface area contributed by atoms with E-state index in [-0.39, 0.29) is 11.7 Å². The van der Waals surface area contributed by atoms with Crippen molar-refractivity contribution in [3.63, 3.8) is 0 Å². The maximum absolute atomic E-state index is 13.0. The first-order valence-corrected chi connectivity index (χ1v) is 12.8. The first kappa shape index (κ1) is 23.3. The second-order valence-electron chi connectivity index (χ2n) is 7.41. The van der Waals surface area contributed by atoms with E-state index >= 15 is 0 Å². The van der Waals surface area contributed by atoms with Crippen LogP contribution in [0.25, 0.3) is 0 Å². The van der Waals surface area contributed by atoms with E-state index in [1.54, 1.807) is 35.7 Å². The van der Waals surface area contributed by atoms with E-state index in [0.717, 1.165) is 32.4 Å². The van der Waals surface area contributed by atoms with Gasteiger partial charge in [0, 0.05) is 24.6 Å². The molecule has 6 nitrogen and oxygen atoms in total. The number of carbonyl (C=O) groups excluding carboxylic acids is 1. The molecule has 1 N–H and O–H groups in total. The van der Waals surface area contributed by atoms with Crippen LogP contribution in [0.3, 0.4) is 0 Å². The smallest absolute Gasteiger partial charge is 0.230 e. The highest BCUT2D eigenvalue weighted by Crippen LogP contribution is 2.34. The van der Waals surface area contributed by atoms with Crippen molar-refractivity contribution in [2.24, 2.45) is 0 Å². The Kier molecular flexibility index (Phi) is 7.36. The number of thioether (sulfide) groups is 1. The molecule has 0 saturated carbocycles. The molecule has 0 radical (unpaired) electrons. The van der Waals surface area contributed by atoms with Crippen molar-refractivity contribution in [2.45, 2.75) is 37.4 Å². The summed E-state index contributed by atoms with van der Waals surface area (Å²) in [4.78, 5) is 18.8. The van der Waals surface area contributed by atoms with Crippen LogP contribution in [-0.2, 0) is 17.1 Å². The van der Waals surface area contributed by atoms with Crippen LogP contribution < -0.4 is 10.2 Å². The fraction of sp³-hybridized carbons (Fsp3) is 0.217. The number of hydrogen-bond acceptors (Lipinski definition) is 8. The molecule has 0 aliphatic rings. The molecule has 4 aromatic rings. The normalized spacial score (nSPS) is 10.9. The quantitative estimate of drug-likeness (QED) is 0.285. The highest BCUT2D eigenvalue weighted by Gasteiger charge is 2.20. The van der Waals surface area contributed by atoms with Crippen molar-refractivity contribution in [1.29, 1.82) is 0 Å². The van der Waals surface area contributed by atoms with E-state index in [9.17, 15) is 9.18 Å². The van der Waals surface area contributed by atoms with Crippen molar-refractivity contribution < 1.29 is 9.18 Å². The van der Waals surface area contributed by atoms with Crippen LogP contribution >= 0.6 is 34.4 Å². The minimum atomic E-state index is -0.251. The number of nitrogens with zero attached hydrogens (tertiary/aromatic N) is 4. The van der Waals surface area contributed by atoms with Crippen LogP contribution in [0.15, 0.2) is 52.2 Å². The van der Waals surface area contributed by atoms with Crippen LogP contribution in [0.4, 0.5) is 20.3 Å².